The van der Waals surface area contributed by atoms with Crippen molar-refractivity contribution in [3.8, 4) is 5.88 Å². The minimum atomic E-state index is 0.362. The number of anilines is 1. The molecule has 0 aromatic carbocycles. The smallest absolute Gasteiger partial charge is 0.225 e. The lowest BCUT2D eigenvalue weighted by Gasteiger charge is -2.26. The molecule has 0 bridgehead atoms. The molecular formula is C14H24N4O. The van der Waals surface area contributed by atoms with Crippen LogP contribution in [0.3, 0.4) is 0 Å². The first-order chi connectivity index (χ1) is 9.28. The molecule has 0 radical (unpaired) electrons. The van der Waals surface area contributed by atoms with Crippen molar-refractivity contribution in [3.63, 3.8) is 0 Å². The van der Waals surface area contributed by atoms with E-state index < -0.39 is 0 Å². The van der Waals surface area contributed by atoms with E-state index in [-0.39, 0.29) is 0 Å². The van der Waals surface area contributed by atoms with E-state index in [0.717, 1.165) is 25.8 Å². The zero-order valence-corrected chi connectivity index (χ0v) is 11.6. The SMILES string of the molecule is CCCOc1ccnc(NCC2CCCC(N)C2)n1. The van der Waals surface area contributed by atoms with Crippen molar-refractivity contribution in [1.29, 1.82) is 0 Å². The predicted octanol–water partition coefficient (Wildman–Crippen LogP) is 2.19. The molecule has 0 aliphatic heterocycles. The van der Waals surface area contributed by atoms with E-state index in [0.29, 0.717) is 30.4 Å². The number of nitrogens with one attached hydrogen (secondary N) is 1. The molecule has 19 heavy (non-hydrogen) atoms. The lowest BCUT2D eigenvalue weighted by Crippen LogP contribution is -2.31. The van der Waals surface area contributed by atoms with E-state index in [1.807, 2.05) is 0 Å². The van der Waals surface area contributed by atoms with Gasteiger partial charge >= 0.3 is 0 Å². The van der Waals surface area contributed by atoms with Gasteiger partial charge < -0.3 is 15.8 Å². The molecule has 5 nitrogen and oxygen atoms in total. The Hall–Kier alpha value is -1.36. The van der Waals surface area contributed by atoms with Crippen LogP contribution in [0.5, 0.6) is 5.88 Å². The molecule has 2 unspecified atom stereocenters. The highest BCUT2D eigenvalue weighted by atomic mass is 16.5. The van der Waals surface area contributed by atoms with Crippen molar-refractivity contribution in [1.82, 2.24) is 9.97 Å². The Kier molecular flexibility index (Phi) is 5.39. The Morgan fingerprint density at radius 3 is 3.16 bits per heavy atom. The van der Waals surface area contributed by atoms with Crippen LogP contribution in [0.15, 0.2) is 12.3 Å². The topological polar surface area (TPSA) is 73.1 Å². The van der Waals surface area contributed by atoms with E-state index >= 15 is 0 Å². The first kappa shape index (κ1) is 14.1. The van der Waals surface area contributed by atoms with Gasteiger partial charge in [-0.15, -0.1) is 0 Å². The molecule has 2 atom stereocenters. The predicted molar refractivity (Wildman–Crippen MR) is 76.2 cm³/mol. The van der Waals surface area contributed by atoms with Gasteiger partial charge in [0.05, 0.1) is 6.61 Å². The van der Waals surface area contributed by atoms with Crippen LogP contribution in [0.2, 0.25) is 0 Å². The van der Waals surface area contributed by atoms with Gasteiger partial charge in [-0.1, -0.05) is 13.3 Å². The average Bonchev–Trinajstić information content (AvgIpc) is 2.43. The second-order valence-electron chi connectivity index (χ2n) is 5.24. The lowest BCUT2D eigenvalue weighted by atomic mass is 9.86. The zero-order valence-electron chi connectivity index (χ0n) is 11.6. The number of hydrogen-bond acceptors (Lipinski definition) is 5. The van der Waals surface area contributed by atoms with E-state index in [9.17, 15) is 0 Å². The third-order valence-electron chi connectivity index (χ3n) is 3.46. The second kappa shape index (κ2) is 7.28. The van der Waals surface area contributed by atoms with Gasteiger partial charge in [-0.3, -0.25) is 0 Å². The maximum Gasteiger partial charge on any atom is 0.225 e. The summed E-state index contributed by atoms with van der Waals surface area (Å²) >= 11 is 0. The van der Waals surface area contributed by atoms with E-state index in [2.05, 4.69) is 22.2 Å². The summed E-state index contributed by atoms with van der Waals surface area (Å²) in [5, 5.41) is 3.29. The van der Waals surface area contributed by atoms with E-state index in [1.165, 1.54) is 12.8 Å². The van der Waals surface area contributed by atoms with Crippen molar-refractivity contribution in [2.24, 2.45) is 11.7 Å². The highest BCUT2D eigenvalue weighted by molar-refractivity contribution is 5.27. The standard InChI is InChI=1S/C14H24N4O/c1-2-8-19-13-6-7-16-14(18-13)17-10-11-4-3-5-12(15)9-11/h6-7,11-12H,2-5,8-10,15H2,1H3,(H,16,17,18). The Morgan fingerprint density at radius 1 is 1.47 bits per heavy atom. The summed E-state index contributed by atoms with van der Waals surface area (Å²) in [5.41, 5.74) is 5.99. The van der Waals surface area contributed by atoms with Gasteiger partial charge in [-0.2, -0.15) is 4.98 Å². The molecule has 1 fully saturated rings. The lowest BCUT2D eigenvalue weighted by molar-refractivity contribution is 0.304. The second-order valence-corrected chi connectivity index (χ2v) is 5.24. The normalized spacial score (nSPS) is 23.1. The fourth-order valence-electron chi connectivity index (χ4n) is 2.47. The van der Waals surface area contributed by atoms with Crippen LogP contribution in [0.4, 0.5) is 5.95 Å². The minimum absolute atomic E-state index is 0.362. The van der Waals surface area contributed by atoms with Gasteiger partial charge in [-0.05, 0) is 31.6 Å². The van der Waals surface area contributed by atoms with Gasteiger partial charge in [0.15, 0.2) is 0 Å². The number of rotatable bonds is 6. The molecule has 0 amide bonds. The van der Waals surface area contributed by atoms with Gasteiger partial charge in [-0.25, -0.2) is 4.98 Å². The largest absolute Gasteiger partial charge is 0.478 e. The third-order valence-corrected chi connectivity index (χ3v) is 3.46. The molecule has 3 N–H and O–H groups in total. The van der Waals surface area contributed by atoms with Crippen LogP contribution >= 0.6 is 0 Å². The molecule has 5 heteroatoms. The zero-order chi connectivity index (χ0) is 13.5. The number of aromatic nitrogens is 2. The number of ether oxygens (including phenoxy) is 1. The van der Waals surface area contributed by atoms with Crippen molar-refractivity contribution in [3.05, 3.63) is 12.3 Å². The Bertz CT molecular complexity index is 385. The molecule has 2 rings (SSSR count). The van der Waals surface area contributed by atoms with Gasteiger partial charge in [0.1, 0.15) is 0 Å². The molecular weight excluding hydrogens is 240 g/mol. The van der Waals surface area contributed by atoms with Crippen LogP contribution in [0.25, 0.3) is 0 Å². The molecule has 0 saturated heterocycles. The van der Waals surface area contributed by atoms with E-state index in [1.54, 1.807) is 12.3 Å². The Balaban J connectivity index is 1.81. The number of hydrogen-bond donors (Lipinski definition) is 2. The summed E-state index contributed by atoms with van der Waals surface area (Å²) in [7, 11) is 0. The van der Waals surface area contributed by atoms with Crippen LogP contribution in [0, 0.1) is 5.92 Å². The quantitative estimate of drug-likeness (QED) is 0.824. The van der Waals surface area contributed by atoms with Gasteiger partial charge in [0, 0.05) is 24.8 Å². The van der Waals surface area contributed by atoms with Crippen molar-refractivity contribution in [2.75, 3.05) is 18.5 Å². The molecule has 1 aliphatic rings. The maximum atomic E-state index is 5.99. The minimum Gasteiger partial charge on any atom is -0.478 e. The molecule has 1 aliphatic carbocycles. The fraction of sp³-hybridized carbons (Fsp3) is 0.714. The van der Waals surface area contributed by atoms with Crippen LogP contribution in [-0.2, 0) is 0 Å². The van der Waals surface area contributed by atoms with Crippen molar-refractivity contribution in [2.45, 2.75) is 45.1 Å². The summed E-state index contributed by atoms with van der Waals surface area (Å²) in [6.45, 7) is 3.66. The summed E-state index contributed by atoms with van der Waals surface area (Å²) in [5.74, 6) is 1.92. The fourth-order valence-corrected chi connectivity index (χ4v) is 2.47. The summed E-state index contributed by atoms with van der Waals surface area (Å²) in [6, 6.07) is 2.15. The van der Waals surface area contributed by atoms with Gasteiger partial charge in [0.25, 0.3) is 0 Å². The molecule has 1 aromatic heterocycles. The maximum absolute atomic E-state index is 5.99. The first-order valence-electron chi connectivity index (χ1n) is 7.23. The van der Waals surface area contributed by atoms with Crippen LogP contribution < -0.4 is 15.8 Å². The molecule has 1 aromatic rings. The number of nitrogens with two attached hydrogens (primary N) is 1. The Labute approximate surface area is 115 Å². The van der Waals surface area contributed by atoms with Gasteiger partial charge in [0.2, 0.25) is 11.8 Å². The molecule has 106 valence electrons. The Morgan fingerprint density at radius 2 is 2.37 bits per heavy atom. The number of nitrogens with zero attached hydrogens (tertiary/aromatic N) is 2. The highest BCUT2D eigenvalue weighted by Gasteiger charge is 2.19. The molecule has 1 saturated carbocycles. The third kappa shape index (κ3) is 4.67. The monoisotopic (exact) mass is 264 g/mol. The van der Waals surface area contributed by atoms with E-state index in [4.69, 9.17) is 10.5 Å². The molecule has 1 heterocycles. The average molecular weight is 264 g/mol. The summed E-state index contributed by atoms with van der Waals surface area (Å²) in [4.78, 5) is 8.56. The van der Waals surface area contributed by atoms with Crippen molar-refractivity contribution < 1.29 is 4.74 Å². The highest BCUT2D eigenvalue weighted by Crippen LogP contribution is 2.23. The van der Waals surface area contributed by atoms with Crippen LogP contribution in [-0.4, -0.2) is 29.2 Å². The summed E-state index contributed by atoms with van der Waals surface area (Å²) in [6.07, 6.45) is 7.44. The first-order valence-corrected chi connectivity index (χ1v) is 7.23. The summed E-state index contributed by atoms with van der Waals surface area (Å²) < 4.78 is 5.49. The van der Waals surface area contributed by atoms with Crippen molar-refractivity contribution >= 4 is 5.95 Å². The molecule has 0 spiro atoms. The van der Waals surface area contributed by atoms with Crippen LogP contribution in [0.1, 0.15) is 39.0 Å².